The lowest BCUT2D eigenvalue weighted by atomic mass is 9.97. The van der Waals surface area contributed by atoms with Gasteiger partial charge in [-0.15, -0.1) is 21.5 Å². The molecule has 1 atom stereocenters. The zero-order chi connectivity index (χ0) is 24.3. The molecule has 2 aliphatic rings. The molecule has 2 aliphatic heterocycles. The highest BCUT2D eigenvalue weighted by atomic mass is 32.1. The molecular formula is C28H30N6OS. The number of para-hydroxylation sites is 1. The van der Waals surface area contributed by atoms with Crippen molar-refractivity contribution >= 4 is 23.3 Å². The summed E-state index contributed by atoms with van der Waals surface area (Å²) in [5.41, 5.74) is 2.82. The van der Waals surface area contributed by atoms with Crippen LogP contribution < -0.4 is 0 Å². The first-order valence-corrected chi connectivity index (χ1v) is 13.7. The van der Waals surface area contributed by atoms with E-state index in [0.717, 1.165) is 65.8 Å². The van der Waals surface area contributed by atoms with Crippen molar-refractivity contribution in [1.82, 2.24) is 29.4 Å². The fourth-order valence-electron chi connectivity index (χ4n) is 5.29. The summed E-state index contributed by atoms with van der Waals surface area (Å²) in [7, 11) is 0. The summed E-state index contributed by atoms with van der Waals surface area (Å²) < 4.78 is 4.21. The Kier molecular flexibility index (Phi) is 6.51. The monoisotopic (exact) mass is 498 g/mol. The SMILES string of the molecule is O=C(C=Cc1cn(-c2ccccc2)nc1-c1cccs1)N1CCCC(c2nnc3n2CCCCC3)C1. The van der Waals surface area contributed by atoms with Gasteiger partial charge in [-0.1, -0.05) is 30.7 Å². The normalized spacial score (nSPS) is 18.3. The molecule has 8 heteroatoms. The smallest absolute Gasteiger partial charge is 0.246 e. The fraction of sp³-hybridized carbons (Fsp3) is 0.357. The van der Waals surface area contributed by atoms with E-state index in [1.165, 1.54) is 19.3 Å². The summed E-state index contributed by atoms with van der Waals surface area (Å²) in [5, 5.41) is 15.9. The van der Waals surface area contributed by atoms with Gasteiger partial charge in [-0.3, -0.25) is 4.79 Å². The van der Waals surface area contributed by atoms with E-state index in [9.17, 15) is 4.79 Å². The number of likely N-dealkylation sites (tertiary alicyclic amines) is 1. The van der Waals surface area contributed by atoms with Crippen molar-refractivity contribution in [2.24, 2.45) is 0 Å². The summed E-state index contributed by atoms with van der Waals surface area (Å²) in [6.07, 6.45) is 12.3. The van der Waals surface area contributed by atoms with E-state index in [1.54, 1.807) is 17.4 Å². The summed E-state index contributed by atoms with van der Waals surface area (Å²) in [6, 6.07) is 14.2. The van der Waals surface area contributed by atoms with Crippen LogP contribution in [0.2, 0.25) is 0 Å². The number of aryl methyl sites for hydroxylation is 1. The van der Waals surface area contributed by atoms with Gasteiger partial charge in [0.25, 0.3) is 0 Å². The molecular weight excluding hydrogens is 468 g/mol. The zero-order valence-corrected chi connectivity index (χ0v) is 21.1. The lowest BCUT2D eigenvalue weighted by Gasteiger charge is -2.31. The Hall–Kier alpha value is -3.52. The lowest BCUT2D eigenvalue weighted by molar-refractivity contribution is -0.127. The van der Waals surface area contributed by atoms with E-state index in [0.29, 0.717) is 6.54 Å². The fourth-order valence-corrected chi connectivity index (χ4v) is 6.02. The number of fused-ring (bicyclic) bond motifs is 1. The Morgan fingerprint density at radius 2 is 1.92 bits per heavy atom. The van der Waals surface area contributed by atoms with Crippen LogP contribution in [0.15, 0.2) is 60.1 Å². The largest absolute Gasteiger partial charge is 0.338 e. The first-order valence-electron chi connectivity index (χ1n) is 12.8. The quantitative estimate of drug-likeness (QED) is 0.349. The zero-order valence-electron chi connectivity index (χ0n) is 20.3. The lowest BCUT2D eigenvalue weighted by Crippen LogP contribution is -2.39. The number of amides is 1. The van der Waals surface area contributed by atoms with Gasteiger partial charge in [0.1, 0.15) is 17.3 Å². The number of piperidine rings is 1. The van der Waals surface area contributed by atoms with Gasteiger partial charge >= 0.3 is 0 Å². The van der Waals surface area contributed by atoms with Gasteiger partial charge in [0.15, 0.2) is 0 Å². The van der Waals surface area contributed by atoms with Gasteiger partial charge in [0.05, 0.1) is 10.6 Å². The number of thiophene rings is 1. The molecule has 1 fully saturated rings. The molecule has 1 saturated heterocycles. The Balaban J connectivity index is 1.22. The van der Waals surface area contributed by atoms with Crippen LogP contribution in [-0.4, -0.2) is 48.4 Å². The molecule has 0 N–H and O–H groups in total. The average Bonchev–Trinajstić information content (AvgIpc) is 3.65. The van der Waals surface area contributed by atoms with Crippen molar-refractivity contribution in [2.75, 3.05) is 13.1 Å². The summed E-state index contributed by atoms with van der Waals surface area (Å²) >= 11 is 1.65. The van der Waals surface area contributed by atoms with Crippen LogP contribution >= 0.6 is 11.3 Å². The second-order valence-corrected chi connectivity index (χ2v) is 10.5. The molecule has 0 radical (unpaired) electrons. The molecule has 1 unspecified atom stereocenters. The highest BCUT2D eigenvalue weighted by Gasteiger charge is 2.29. The number of carbonyl (C=O) groups excluding carboxylic acids is 1. The molecule has 3 aromatic heterocycles. The van der Waals surface area contributed by atoms with E-state index < -0.39 is 0 Å². The second-order valence-electron chi connectivity index (χ2n) is 9.58. The van der Waals surface area contributed by atoms with E-state index >= 15 is 0 Å². The van der Waals surface area contributed by atoms with Crippen LogP contribution in [0.5, 0.6) is 0 Å². The molecule has 36 heavy (non-hydrogen) atoms. The number of rotatable bonds is 5. The van der Waals surface area contributed by atoms with Gasteiger partial charge in [0.2, 0.25) is 5.91 Å². The standard InChI is InChI=1S/C28H30N6OS/c35-26(32-16-7-9-22(19-32)28-30-29-25-13-5-2-6-17-33(25)28)15-14-21-20-34(23-10-3-1-4-11-23)31-27(21)24-12-8-18-36-24/h1,3-4,8,10-12,14-15,18,20,22H,2,5-7,9,13,16-17,19H2. The average molecular weight is 499 g/mol. The minimum absolute atomic E-state index is 0.0416. The molecule has 1 aromatic carbocycles. The van der Waals surface area contributed by atoms with Crippen LogP contribution in [0.3, 0.4) is 0 Å². The Labute approximate surface area is 215 Å². The van der Waals surface area contributed by atoms with Crippen molar-refractivity contribution in [3.63, 3.8) is 0 Å². The van der Waals surface area contributed by atoms with Crippen molar-refractivity contribution in [2.45, 2.75) is 51.0 Å². The van der Waals surface area contributed by atoms with E-state index in [1.807, 2.05) is 58.3 Å². The summed E-state index contributed by atoms with van der Waals surface area (Å²) in [5.74, 6) is 2.47. The molecule has 0 saturated carbocycles. The van der Waals surface area contributed by atoms with Gasteiger partial charge in [-0.05, 0) is 55.3 Å². The highest BCUT2D eigenvalue weighted by Crippen LogP contribution is 2.30. The molecule has 6 rings (SSSR count). The topological polar surface area (TPSA) is 68.8 Å². The van der Waals surface area contributed by atoms with Gasteiger partial charge < -0.3 is 9.47 Å². The molecule has 4 aromatic rings. The molecule has 5 heterocycles. The van der Waals surface area contributed by atoms with Crippen LogP contribution in [0.25, 0.3) is 22.3 Å². The van der Waals surface area contributed by atoms with Gasteiger partial charge in [0, 0.05) is 49.8 Å². The van der Waals surface area contributed by atoms with Crippen LogP contribution in [-0.2, 0) is 17.8 Å². The van der Waals surface area contributed by atoms with Crippen LogP contribution in [0.1, 0.15) is 55.2 Å². The van der Waals surface area contributed by atoms with Gasteiger partial charge in [-0.2, -0.15) is 5.10 Å². The van der Waals surface area contributed by atoms with Gasteiger partial charge in [-0.25, -0.2) is 4.68 Å². The van der Waals surface area contributed by atoms with Crippen molar-refractivity contribution in [1.29, 1.82) is 0 Å². The third-order valence-corrected chi connectivity index (χ3v) is 8.04. The molecule has 0 bridgehead atoms. The predicted octanol–water partition coefficient (Wildman–Crippen LogP) is 5.34. The molecule has 184 valence electrons. The van der Waals surface area contributed by atoms with Crippen molar-refractivity contribution in [3.8, 4) is 16.3 Å². The van der Waals surface area contributed by atoms with Crippen LogP contribution in [0, 0.1) is 0 Å². The third-order valence-electron chi connectivity index (χ3n) is 7.16. The minimum atomic E-state index is 0.0416. The summed E-state index contributed by atoms with van der Waals surface area (Å²) in [4.78, 5) is 16.3. The van der Waals surface area contributed by atoms with Crippen molar-refractivity contribution in [3.05, 3.63) is 77.3 Å². The number of carbonyl (C=O) groups is 1. The second kappa shape index (κ2) is 10.2. The number of aromatic nitrogens is 5. The minimum Gasteiger partial charge on any atom is -0.338 e. The highest BCUT2D eigenvalue weighted by molar-refractivity contribution is 7.13. The first-order chi connectivity index (χ1) is 17.8. The maximum atomic E-state index is 13.3. The number of hydrogen-bond acceptors (Lipinski definition) is 5. The van der Waals surface area contributed by atoms with Crippen molar-refractivity contribution < 1.29 is 4.79 Å². The number of nitrogens with zero attached hydrogens (tertiary/aromatic N) is 6. The molecule has 1 amide bonds. The molecule has 0 spiro atoms. The predicted molar refractivity (Wildman–Crippen MR) is 142 cm³/mol. The maximum Gasteiger partial charge on any atom is 0.246 e. The molecule has 0 aliphatic carbocycles. The van der Waals surface area contributed by atoms with E-state index in [4.69, 9.17) is 5.10 Å². The maximum absolute atomic E-state index is 13.3. The molecule has 7 nitrogen and oxygen atoms in total. The Bertz CT molecular complexity index is 1350. The summed E-state index contributed by atoms with van der Waals surface area (Å²) in [6.45, 7) is 2.48. The number of hydrogen-bond donors (Lipinski definition) is 0. The van der Waals surface area contributed by atoms with E-state index in [-0.39, 0.29) is 11.8 Å². The first kappa shape index (κ1) is 22.9. The Morgan fingerprint density at radius 1 is 1.00 bits per heavy atom. The van der Waals surface area contributed by atoms with E-state index in [2.05, 4.69) is 26.2 Å². The van der Waals surface area contributed by atoms with Crippen LogP contribution in [0.4, 0.5) is 0 Å². The Morgan fingerprint density at radius 3 is 2.78 bits per heavy atom. The third kappa shape index (κ3) is 4.65. The number of benzene rings is 1.